The molecule has 0 bridgehead atoms. The molecule has 0 saturated heterocycles. The molecule has 0 atom stereocenters. The Morgan fingerprint density at radius 2 is 2.26 bits per heavy atom. The minimum atomic E-state index is 0.163. The number of pyridine rings is 1. The third-order valence-corrected chi connectivity index (χ3v) is 3.60. The van der Waals surface area contributed by atoms with Gasteiger partial charge in [0.25, 0.3) is 0 Å². The summed E-state index contributed by atoms with van der Waals surface area (Å²) in [4.78, 5) is 6.84. The standard InChI is InChI=1S/C15H21N3O/c1-11(2)18(7-4-8-19)15-13(10-16)9-12-5-3-6-14(12)17-15/h9,11,19H,3-8H2,1-2H3. The molecule has 4 nitrogen and oxygen atoms in total. The monoisotopic (exact) mass is 259 g/mol. The van der Waals surface area contributed by atoms with E-state index < -0.39 is 0 Å². The molecular weight excluding hydrogens is 238 g/mol. The summed E-state index contributed by atoms with van der Waals surface area (Å²) in [6, 6.07) is 4.54. The fraction of sp³-hybridized carbons (Fsp3) is 0.600. The van der Waals surface area contributed by atoms with Crippen LogP contribution in [0.5, 0.6) is 0 Å². The molecule has 0 radical (unpaired) electrons. The van der Waals surface area contributed by atoms with Crippen molar-refractivity contribution in [2.45, 2.75) is 45.6 Å². The summed E-state index contributed by atoms with van der Waals surface area (Å²) in [6.45, 7) is 5.07. The van der Waals surface area contributed by atoms with Gasteiger partial charge in [-0.05, 0) is 51.2 Å². The maximum absolute atomic E-state index is 9.34. The number of aromatic nitrogens is 1. The van der Waals surface area contributed by atoms with E-state index in [-0.39, 0.29) is 12.6 Å². The van der Waals surface area contributed by atoms with Gasteiger partial charge in [0, 0.05) is 24.9 Å². The highest BCUT2D eigenvalue weighted by Crippen LogP contribution is 2.28. The van der Waals surface area contributed by atoms with Crippen LogP contribution in [-0.2, 0) is 12.8 Å². The van der Waals surface area contributed by atoms with E-state index >= 15 is 0 Å². The Balaban J connectivity index is 2.38. The van der Waals surface area contributed by atoms with Gasteiger partial charge in [-0.15, -0.1) is 0 Å². The largest absolute Gasteiger partial charge is 0.396 e. The third kappa shape index (κ3) is 2.87. The number of fused-ring (bicyclic) bond motifs is 1. The molecule has 0 aromatic carbocycles. The van der Waals surface area contributed by atoms with Gasteiger partial charge in [0.15, 0.2) is 0 Å². The Morgan fingerprint density at radius 3 is 2.89 bits per heavy atom. The molecule has 0 saturated carbocycles. The van der Waals surface area contributed by atoms with E-state index in [0.29, 0.717) is 12.0 Å². The van der Waals surface area contributed by atoms with Crippen LogP contribution < -0.4 is 4.90 Å². The van der Waals surface area contributed by atoms with Crippen molar-refractivity contribution in [3.63, 3.8) is 0 Å². The second-order valence-electron chi connectivity index (χ2n) is 5.30. The molecule has 0 aliphatic heterocycles. The van der Waals surface area contributed by atoms with E-state index in [0.717, 1.165) is 37.3 Å². The van der Waals surface area contributed by atoms with Crippen LogP contribution in [0.15, 0.2) is 6.07 Å². The van der Waals surface area contributed by atoms with Crippen LogP contribution in [0.3, 0.4) is 0 Å². The molecule has 1 aromatic heterocycles. The molecule has 0 amide bonds. The van der Waals surface area contributed by atoms with Crippen LogP contribution in [0.25, 0.3) is 0 Å². The van der Waals surface area contributed by atoms with Crippen molar-refractivity contribution in [3.05, 3.63) is 22.9 Å². The molecule has 19 heavy (non-hydrogen) atoms. The van der Waals surface area contributed by atoms with Gasteiger partial charge in [-0.25, -0.2) is 4.98 Å². The maximum atomic E-state index is 9.34. The normalized spacial score (nSPS) is 13.4. The number of nitrogens with zero attached hydrogens (tertiary/aromatic N) is 3. The van der Waals surface area contributed by atoms with Crippen molar-refractivity contribution in [1.82, 2.24) is 4.98 Å². The van der Waals surface area contributed by atoms with Crippen molar-refractivity contribution in [3.8, 4) is 6.07 Å². The van der Waals surface area contributed by atoms with Gasteiger partial charge in [0.1, 0.15) is 11.9 Å². The molecule has 1 aliphatic rings. The first-order chi connectivity index (χ1) is 9.17. The highest BCUT2D eigenvalue weighted by molar-refractivity contribution is 5.57. The molecule has 1 aliphatic carbocycles. The van der Waals surface area contributed by atoms with Crippen LogP contribution in [0, 0.1) is 11.3 Å². The number of hydrogen-bond donors (Lipinski definition) is 1. The zero-order valence-corrected chi connectivity index (χ0v) is 11.7. The summed E-state index contributed by atoms with van der Waals surface area (Å²) in [7, 11) is 0. The van der Waals surface area contributed by atoms with Gasteiger partial charge in [-0.2, -0.15) is 5.26 Å². The maximum Gasteiger partial charge on any atom is 0.147 e. The molecule has 1 aromatic rings. The number of anilines is 1. The molecule has 2 rings (SSSR count). The van der Waals surface area contributed by atoms with Gasteiger partial charge in [0.05, 0.1) is 5.56 Å². The van der Waals surface area contributed by atoms with E-state index in [1.165, 1.54) is 5.56 Å². The van der Waals surface area contributed by atoms with Crippen LogP contribution in [0.1, 0.15) is 43.5 Å². The van der Waals surface area contributed by atoms with Crippen LogP contribution in [0.2, 0.25) is 0 Å². The zero-order chi connectivity index (χ0) is 13.8. The molecule has 0 unspecified atom stereocenters. The smallest absolute Gasteiger partial charge is 0.147 e. The predicted octanol–water partition coefficient (Wildman–Crippen LogP) is 2.04. The summed E-state index contributed by atoms with van der Waals surface area (Å²) in [6.07, 6.45) is 3.88. The third-order valence-electron chi connectivity index (χ3n) is 3.60. The second-order valence-corrected chi connectivity index (χ2v) is 5.30. The van der Waals surface area contributed by atoms with Crippen molar-refractivity contribution in [2.24, 2.45) is 0 Å². The number of rotatable bonds is 5. The zero-order valence-electron chi connectivity index (χ0n) is 11.7. The van der Waals surface area contributed by atoms with Gasteiger partial charge in [-0.1, -0.05) is 0 Å². The number of aryl methyl sites for hydroxylation is 2. The molecule has 1 heterocycles. The summed E-state index contributed by atoms with van der Waals surface area (Å²) in [5.41, 5.74) is 3.03. The van der Waals surface area contributed by atoms with Crippen molar-refractivity contribution >= 4 is 5.82 Å². The molecule has 1 N–H and O–H groups in total. The Bertz CT molecular complexity index is 491. The minimum absolute atomic E-state index is 0.163. The summed E-state index contributed by atoms with van der Waals surface area (Å²) in [5, 5.41) is 18.4. The molecule has 102 valence electrons. The molecule has 0 fully saturated rings. The fourth-order valence-corrected chi connectivity index (χ4v) is 2.61. The van der Waals surface area contributed by atoms with Crippen LogP contribution in [0.4, 0.5) is 5.82 Å². The van der Waals surface area contributed by atoms with E-state index in [4.69, 9.17) is 10.1 Å². The first kappa shape index (κ1) is 13.8. The summed E-state index contributed by atoms with van der Waals surface area (Å²) >= 11 is 0. The Morgan fingerprint density at radius 1 is 1.47 bits per heavy atom. The van der Waals surface area contributed by atoms with E-state index in [9.17, 15) is 5.26 Å². The van der Waals surface area contributed by atoms with Crippen molar-refractivity contribution in [2.75, 3.05) is 18.1 Å². The highest BCUT2D eigenvalue weighted by atomic mass is 16.3. The molecule has 0 spiro atoms. The Labute approximate surface area is 114 Å². The number of nitriles is 1. The Hall–Kier alpha value is -1.60. The summed E-state index contributed by atoms with van der Waals surface area (Å²) < 4.78 is 0. The lowest BCUT2D eigenvalue weighted by Gasteiger charge is -2.29. The quantitative estimate of drug-likeness (QED) is 0.879. The van der Waals surface area contributed by atoms with Gasteiger partial charge in [-0.3, -0.25) is 0 Å². The number of hydrogen-bond acceptors (Lipinski definition) is 4. The van der Waals surface area contributed by atoms with Crippen molar-refractivity contribution < 1.29 is 5.11 Å². The molecular formula is C15H21N3O. The SMILES string of the molecule is CC(C)N(CCCO)c1nc2c(cc1C#N)CCC2. The average molecular weight is 259 g/mol. The fourth-order valence-electron chi connectivity index (χ4n) is 2.61. The number of aliphatic hydroxyl groups is 1. The van der Waals surface area contributed by atoms with Crippen molar-refractivity contribution in [1.29, 1.82) is 5.26 Å². The number of aliphatic hydroxyl groups excluding tert-OH is 1. The minimum Gasteiger partial charge on any atom is -0.396 e. The second kappa shape index (κ2) is 6.03. The topological polar surface area (TPSA) is 60.1 Å². The highest BCUT2D eigenvalue weighted by Gasteiger charge is 2.21. The molecule has 4 heteroatoms. The first-order valence-corrected chi connectivity index (χ1v) is 6.97. The average Bonchev–Trinajstić information content (AvgIpc) is 2.84. The predicted molar refractivity (Wildman–Crippen MR) is 75.2 cm³/mol. The van der Waals surface area contributed by atoms with Gasteiger partial charge in [0.2, 0.25) is 0 Å². The van der Waals surface area contributed by atoms with Crippen LogP contribution >= 0.6 is 0 Å². The van der Waals surface area contributed by atoms with E-state index in [1.807, 2.05) is 6.07 Å². The Kier molecular flexibility index (Phi) is 4.39. The summed E-state index contributed by atoms with van der Waals surface area (Å²) in [5.74, 6) is 0.784. The lowest BCUT2D eigenvalue weighted by Crippen LogP contribution is -2.34. The lowest BCUT2D eigenvalue weighted by atomic mass is 10.1. The first-order valence-electron chi connectivity index (χ1n) is 6.97. The van der Waals surface area contributed by atoms with E-state index in [2.05, 4.69) is 24.8 Å². The van der Waals surface area contributed by atoms with Crippen LogP contribution in [-0.4, -0.2) is 29.3 Å². The van der Waals surface area contributed by atoms with Gasteiger partial charge >= 0.3 is 0 Å². The van der Waals surface area contributed by atoms with E-state index in [1.54, 1.807) is 0 Å². The lowest BCUT2D eigenvalue weighted by molar-refractivity contribution is 0.288. The van der Waals surface area contributed by atoms with Gasteiger partial charge < -0.3 is 10.0 Å².